The van der Waals surface area contributed by atoms with E-state index in [2.05, 4.69) is 21.2 Å². The van der Waals surface area contributed by atoms with Gasteiger partial charge in [-0.1, -0.05) is 33.6 Å². The van der Waals surface area contributed by atoms with Crippen molar-refractivity contribution in [1.82, 2.24) is 5.32 Å². The molecule has 6 heteroatoms. The Bertz CT molecular complexity index is 664. The molecule has 0 unspecified atom stereocenters. The highest BCUT2D eigenvalue weighted by molar-refractivity contribution is 9.10. The van der Waals surface area contributed by atoms with Crippen LogP contribution >= 0.6 is 27.5 Å². The summed E-state index contributed by atoms with van der Waals surface area (Å²) in [6.45, 7) is 0.189. The summed E-state index contributed by atoms with van der Waals surface area (Å²) >= 11 is 8.85. The van der Waals surface area contributed by atoms with Crippen molar-refractivity contribution < 1.29 is 14.3 Å². The smallest absolute Gasteiger partial charge is 0.255 e. The summed E-state index contributed by atoms with van der Waals surface area (Å²) in [5.74, 6) is -1.04. The highest BCUT2D eigenvalue weighted by atomic mass is 79.9. The molecule has 2 N–H and O–H groups in total. The largest absolute Gasteiger partial charge is 0.507 e. The first-order chi connectivity index (χ1) is 9.47. The molecule has 3 nitrogen and oxygen atoms in total. The van der Waals surface area contributed by atoms with Gasteiger partial charge in [0.15, 0.2) is 0 Å². The summed E-state index contributed by atoms with van der Waals surface area (Å²) < 4.78 is 13.7. The lowest BCUT2D eigenvalue weighted by Gasteiger charge is -2.08. The van der Waals surface area contributed by atoms with E-state index in [1.54, 1.807) is 6.07 Å². The topological polar surface area (TPSA) is 49.3 Å². The molecule has 0 spiro atoms. The third-order valence-electron chi connectivity index (χ3n) is 2.64. The monoisotopic (exact) mass is 357 g/mol. The van der Waals surface area contributed by atoms with Crippen LogP contribution in [0.1, 0.15) is 15.9 Å². The van der Waals surface area contributed by atoms with Crippen LogP contribution in [0.3, 0.4) is 0 Å². The van der Waals surface area contributed by atoms with Gasteiger partial charge in [-0.3, -0.25) is 4.79 Å². The Hall–Kier alpha value is -1.59. The van der Waals surface area contributed by atoms with Crippen molar-refractivity contribution in [3.8, 4) is 5.75 Å². The van der Waals surface area contributed by atoms with Crippen LogP contribution in [0.15, 0.2) is 40.9 Å². The standard InChI is InChI=1S/C14H10BrClFNO2/c15-9-2-3-10(13(19)6-9)14(20)18-7-8-1-4-12(17)11(16)5-8/h1-6,19H,7H2,(H,18,20). The SMILES string of the molecule is O=C(NCc1ccc(F)c(Cl)c1)c1ccc(Br)cc1O. The molecule has 20 heavy (non-hydrogen) atoms. The number of hydrogen-bond acceptors (Lipinski definition) is 2. The molecule has 0 aromatic heterocycles. The Kier molecular flexibility index (Phi) is 4.62. The molecule has 104 valence electrons. The summed E-state index contributed by atoms with van der Waals surface area (Å²) in [4.78, 5) is 11.9. The second-order valence-electron chi connectivity index (χ2n) is 4.09. The minimum Gasteiger partial charge on any atom is -0.507 e. The summed E-state index contributed by atoms with van der Waals surface area (Å²) in [6, 6.07) is 8.81. The van der Waals surface area contributed by atoms with Gasteiger partial charge in [0.05, 0.1) is 10.6 Å². The number of halogens is 3. The van der Waals surface area contributed by atoms with Crippen molar-refractivity contribution in [2.24, 2.45) is 0 Å². The number of rotatable bonds is 3. The van der Waals surface area contributed by atoms with Crippen LogP contribution in [0.25, 0.3) is 0 Å². The summed E-state index contributed by atoms with van der Waals surface area (Å²) in [5, 5.41) is 12.3. The van der Waals surface area contributed by atoms with Gasteiger partial charge in [-0.25, -0.2) is 4.39 Å². The predicted molar refractivity (Wildman–Crippen MR) is 78.4 cm³/mol. The molecule has 0 bridgehead atoms. The zero-order valence-electron chi connectivity index (χ0n) is 10.2. The van der Waals surface area contributed by atoms with E-state index in [1.807, 2.05) is 0 Å². The molecule has 0 aliphatic rings. The average Bonchev–Trinajstić information content (AvgIpc) is 2.40. The number of phenolic OH excluding ortho intramolecular Hbond substituents is 1. The molecule has 2 rings (SSSR count). The first-order valence-electron chi connectivity index (χ1n) is 5.68. The fourth-order valence-electron chi connectivity index (χ4n) is 1.62. The third-order valence-corrected chi connectivity index (χ3v) is 3.42. The van der Waals surface area contributed by atoms with E-state index in [9.17, 15) is 14.3 Å². The number of carbonyl (C=O) groups is 1. The molecule has 0 radical (unpaired) electrons. The van der Waals surface area contributed by atoms with E-state index in [1.165, 1.54) is 30.3 Å². The Morgan fingerprint density at radius 3 is 2.70 bits per heavy atom. The van der Waals surface area contributed by atoms with E-state index in [0.717, 1.165) is 0 Å². The van der Waals surface area contributed by atoms with Gasteiger partial charge in [0.25, 0.3) is 5.91 Å². The number of nitrogens with one attached hydrogen (secondary N) is 1. The molecule has 1 amide bonds. The number of carbonyl (C=O) groups excluding carboxylic acids is 1. The van der Waals surface area contributed by atoms with Crippen LogP contribution in [0, 0.1) is 5.82 Å². The first-order valence-corrected chi connectivity index (χ1v) is 6.85. The molecule has 0 aliphatic heterocycles. The number of benzene rings is 2. The van der Waals surface area contributed by atoms with Crippen molar-refractivity contribution in [3.05, 3.63) is 62.8 Å². The fraction of sp³-hybridized carbons (Fsp3) is 0.0714. The number of hydrogen-bond donors (Lipinski definition) is 2. The third kappa shape index (κ3) is 3.49. The van der Waals surface area contributed by atoms with Crippen molar-refractivity contribution in [3.63, 3.8) is 0 Å². The Morgan fingerprint density at radius 1 is 1.30 bits per heavy atom. The fourth-order valence-corrected chi connectivity index (χ4v) is 2.18. The van der Waals surface area contributed by atoms with Crippen LogP contribution in [-0.4, -0.2) is 11.0 Å². The molecule has 0 aliphatic carbocycles. The predicted octanol–water partition coefficient (Wildman–Crippen LogP) is 3.88. The van der Waals surface area contributed by atoms with Gasteiger partial charge in [0.2, 0.25) is 0 Å². The van der Waals surface area contributed by atoms with E-state index < -0.39 is 11.7 Å². The quantitative estimate of drug-likeness (QED) is 0.875. The van der Waals surface area contributed by atoms with E-state index in [-0.39, 0.29) is 22.9 Å². The highest BCUT2D eigenvalue weighted by Gasteiger charge is 2.11. The molecule has 0 atom stereocenters. The summed E-state index contributed by atoms with van der Waals surface area (Å²) in [7, 11) is 0. The van der Waals surface area contributed by atoms with E-state index in [0.29, 0.717) is 10.0 Å². The highest BCUT2D eigenvalue weighted by Crippen LogP contribution is 2.22. The van der Waals surface area contributed by atoms with Gasteiger partial charge in [0, 0.05) is 11.0 Å². The minimum absolute atomic E-state index is 0.00300. The van der Waals surface area contributed by atoms with Gasteiger partial charge in [-0.2, -0.15) is 0 Å². The lowest BCUT2D eigenvalue weighted by atomic mass is 10.1. The van der Waals surface area contributed by atoms with Crippen molar-refractivity contribution in [1.29, 1.82) is 0 Å². The lowest BCUT2D eigenvalue weighted by Crippen LogP contribution is -2.22. The van der Waals surface area contributed by atoms with Crippen LogP contribution in [0.5, 0.6) is 5.75 Å². The average molecular weight is 359 g/mol. The molecule has 0 saturated carbocycles. The Morgan fingerprint density at radius 2 is 2.05 bits per heavy atom. The Labute approximate surface area is 128 Å². The van der Waals surface area contributed by atoms with Crippen LogP contribution < -0.4 is 5.32 Å². The molecule has 2 aromatic rings. The first kappa shape index (κ1) is 14.8. The number of phenols is 1. The van der Waals surface area contributed by atoms with Crippen LogP contribution in [0.2, 0.25) is 5.02 Å². The maximum absolute atomic E-state index is 13.0. The van der Waals surface area contributed by atoms with Gasteiger partial charge < -0.3 is 10.4 Å². The van der Waals surface area contributed by atoms with Gasteiger partial charge in [-0.15, -0.1) is 0 Å². The zero-order valence-corrected chi connectivity index (χ0v) is 12.5. The molecule has 2 aromatic carbocycles. The second kappa shape index (κ2) is 6.24. The van der Waals surface area contributed by atoms with Crippen LogP contribution in [-0.2, 0) is 6.54 Å². The van der Waals surface area contributed by atoms with Crippen LogP contribution in [0.4, 0.5) is 4.39 Å². The summed E-state index contributed by atoms with van der Waals surface area (Å²) in [5.41, 5.74) is 0.836. The second-order valence-corrected chi connectivity index (χ2v) is 5.42. The zero-order chi connectivity index (χ0) is 14.7. The number of amides is 1. The Balaban J connectivity index is 2.06. The minimum atomic E-state index is -0.507. The van der Waals surface area contributed by atoms with Crippen molar-refractivity contribution in [2.45, 2.75) is 6.54 Å². The van der Waals surface area contributed by atoms with Gasteiger partial charge in [0.1, 0.15) is 11.6 Å². The molecule has 0 fully saturated rings. The molecular formula is C14H10BrClFNO2. The normalized spacial score (nSPS) is 10.3. The maximum Gasteiger partial charge on any atom is 0.255 e. The molecule has 0 heterocycles. The van der Waals surface area contributed by atoms with Crippen molar-refractivity contribution >= 4 is 33.4 Å². The lowest BCUT2D eigenvalue weighted by molar-refractivity contribution is 0.0948. The summed E-state index contributed by atoms with van der Waals surface area (Å²) in [6.07, 6.45) is 0. The van der Waals surface area contributed by atoms with E-state index in [4.69, 9.17) is 11.6 Å². The van der Waals surface area contributed by atoms with Gasteiger partial charge in [-0.05, 0) is 35.9 Å². The number of aromatic hydroxyl groups is 1. The van der Waals surface area contributed by atoms with E-state index >= 15 is 0 Å². The molecular weight excluding hydrogens is 349 g/mol. The maximum atomic E-state index is 13.0. The van der Waals surface area contributed by atoms with Crippen molar-refractivity contribution in [2.75, 3.05) is 0 Å². The van der Waals surface area contributed by atoms with Gasteiger partial charge >= 0.3 is 0 Å². The molecule has 0 saturated heterocycles.